The minimum atomic E-state index is -4.75. The predicted molar refractivity (Wildman–Crippen MR) is 60.4 cm³/mol. The molecule has 2 atom stereocenters. The van der Waals surface area contributed by atoms with Gasteiger partial charge in [0.1, 0.15) is 5.01 Å². The highest BCUT2D eigenvalue weighted by Crippen LogP contribution is 2.27. The SMILES string of the molecule is Cc1csc(C(C)NCC(C(=O)O)C(F)(F)F)n1. The maximum absolute atomic E-state index is 12.4. The summed E-state index contributed by atoms with van der Waals surface area (Å²) in [4.78, 5) is 14.6. The molecule has 0 aromatic carbocycles. The third-order valence-corrected chi connectivity index (χ3v) is 3.47. The number of aryl methyl sites for hydroxylation is 1. The number of alkyl halides is 3. The molecule has 0 amide bonds. The van der Waals surface area contributed by atoms with Gasteiger partial charge in [0.05, 0.1) is 6.04 Å². The number of hydrogen-bond acceptors (Lipinski definition) is 4. The van der Waals surface area contributed by atoms with Gasteiger partial charge in [0.2, 0.25) is 0 Å². The molecule has 0 aliphatic rings. The Morgan fingerprint density at radius 3 is 2.61 bits per heavy atom. The van der Waals surface area contributed by atoms with Gasteiger partial charge in [-0.2, -0.15) is 13.2 Å². The van der Waals surface area contributed by atoms with Crippen molar-refractivity contribution in [3.8, 4) is 0 Å². The lowest BCUT2D eigenvalue weighted by atomic mass is 10.1. The van der Waals surface area contributed by atoms with E-state index in [1.165, 1.54) is 11.3 Å². The Morgan fingerprint density at radius 1 is 1.61 bits per heavy atom. The predicted octanol–water partition coefficient (Wildman–Crippen LogP) is 2.37. The quantitative estimate of drug-likeness (QED) is 0.870. The lowest BCUT2D eigenvalue weighted by molar-refractivity contribution is -0.192. The van der Waals surface area contributed by atoms with Crippen LogP contribution in [0.2, 0.25) is 0 Å². The van der Waals surface area contributed by atoms with Crippen molar-refractivity contribution < 1.29 is 23.1 Å². The highest BCUT2D eigenvalue weighted by Gasteiger charge is 2.44. The minimum Gasteiger partial charge on any atom is -0.481 e. The Bertz CT molecular complexity index is 420. The summed E-state index contributed by atoms with van der Waals surface area (Å²) in [6.07, 6.45) is -4.75. The van der Waals surface area contributed by atoms with Gasteiger partial charge in [-0.25, -0.2) is 4.98 Å². The monoisotopic (exact) mass is 282 g/mol. The molecule has 1 aromatic heterocycles. The van der Waals surface area contributed by atoms with E-state index in [4.69, 9.17) is 5.11 Å². The molecule has 1 rings (SSSR count). The maximum atomic E-state index is 12.4. The molecule has 0 radical (unpaired) electrons. The van der Waals surface area contributed by atoms with E-state index in [1.54, 1.807) is 19.2 Å². The van der Waals surface area contributed by atoms with Crippen LogP contribution in [0.1, 0.15) is 23.7 Å². The minimum absolute atomic E-state index is 0.409. The second kappa shape index (κ2) is 5.66. The normalized spacial score (nSPS) is 15.4. The molecule has 102 valence electrons. The Labute approximate surface area is 106 Å². The van der Waals surface area contributed by atoms with E-state index in [-0.39, 0.29) is 0 Å². The van der Waals surface area contributed by atoms with E-state index in [0.29, 0.717) is 5.01 Å². The smallest absolute Gasteiger partial charge is 0.403 e. The van der Waals surface area contributed by atoms with Crippen LogP contribution in [-0.4, -0.2) is 28.8 Å². The summed E-state index contributed by atoms with van der Waals surface area (Å²) in [7, 11) is 0. The van der Waals surface area contributed by atoms with Crippen molar-refractivity contribution in [2.75, 3.05) is 6.54 Å². The number of halogens is 3. The number of carboxylic acid groups (broad SMARTS) is 1. The highest BCUT2D eigenvalue weighted by atomic mass is 32.1. The summed E-state index contributed by atoms with van der Waals surface area (Å²) < 4.78 is 37.2. The molecule has 0 saturated carbocycles. The fourth-order valence-electron chi connectivity index (χ4n) is 1.30. The van der Waals surface area contributed by atoms with Crippen LogP contribution in [0.3, 0.4) is 0 Å². The fourth-order valence-corrected chi connectivity index (χ4v) is 2.12. The van der Waals surface area contributed by atoms with Crippen molar-refractivity contribution in [2.45, 2.75) is 26.1 Å². The summed E-state index contributed by atoms with van der Waals surface area (Å²) in [5.74, 6) is -4.28. The van der Waals surface area contributed by atoms with Crippen molar-refractivity contribution in [2.24, 2.45) is 5.92 Å². The number of carbonyl (C=O) groups is 1. The van der Waals surface area contributed by atoms with Crippen LogP contribution >= 0.6 is 11.3 Å². The van der Waals surface area contributed by atoms with Crippen LogP contribution < -0.4 is 5.32 Å². The molecule has 0 aliphatic heterocycles. The number of thiazole rings is 1. The van der Waals surface area contributed by atoms with Crippen LogP contribution in [-0.2, 0) is 4.79 Å². The summed E-state index contributed by atoms with van der Waals surface area (Å²) in [5.41, 5.74) is 0.786. The second-order valence-electron chi connectivity index (χ2n) is 3.89. The molecule has 0 saturated heterocycles. The zero-order valence-electron chi connectivity index (χ0n) is 9.78. The first-order valence-corrected chi connectivity index (χ1v) is 6.04. The van der Waals surface area contributed by atoms with Crippen molar-refractivity contribution in [1.82, 2.24) is 10.3 Å². The van der Waals surface area contributed by atoms with Crippen LogP contribution in [0.15, 0.2) is 5.38 Å². The van der Waals surface area contributed by atoms with Crippen LogP contribution in [0.4, 0.5) is 13.2 Å². The second-order valence-corrected chi connectivity index (χ2v) is 4.78. The van der Waals surface area contributed by atoms with Gasteiger partial charge in [-0.1, -0.05) is 0 Å². The molecule has 0 aliphatic carbocycles. The number of rotatable bonds is 5. The van der Waals surface area contributed by atoms with Gasteiger partial charge in [0, 0.05) is 17.6 Å². The average molecular weight is 282 g/mol. The molecule has 18 heavy (non-hydrogen) atoms. The number of nitrogens with one attached hydrogen (secondary N) is 1. The zero-order valence-corrected chi connectivity index (χ0v) is 10.6. The largest absolute Gasteiger partial charge is 0.481 e. The summed E-state index contributed by atoms with van der Waals surface area (Å²) in [6.45, 7) is 2.76. The lowest BCUT2D eigenvalue weighted by Crippen LogP contribution is -2.39. The van der Waals surface area contributed by atoms with E-state index in [2.05, 4.69) is 10.3 Å². The summed E-state index contributed by atoms with van der Waals surface area (Å²) in [5, 5.41) is 13.5. The molecule has 0 fully saturated rings. The van der Waals surface area contributed by atoms with Crippen molar-refractivity contribution in [3.05, 3.63) is 16.1 Å². The van der Waals surface area contributed by atoms with E-state index in [9.17, 15) is 18.0 Å². The number of hydrogen-bond donors (Lipinski definition) is 2. The molecule has 4 nitrogen and oxygen atoms in total. The van der Waals surface area contributed by atoms with Crippen LogP contribution in [0.5, 0.6) is 0 Å². The van der Waals surface area contributed by atoms with Gasteiger partial charge >= 0.3 is 12.1 Å². The highest BCUT2D eigenvalue weighted by molar-refractivity contribution is 7.09. The molecule has 0 spiro atoms. The Morgan fingerprint density at radius 2 is 2.22 bits per heavy atom. The maximum Gasteiger partial charge on any atom is 0.403 e. The average Bonchev–Trinajstić information content (AvgIpc) is 2.62. The first kappa shape index (κ1) is 14.9. The van der Waals surface area contributed by atoms with Gasteiger partial charge in [0.25, 0.3) is 0 Å². The van der Waals surface area contributed by atoms with Crippen LogP contribution in [0, 0.1) is 12.8 Å². The van der Waals surface area contributed by atoms with E-state index in [1.807, 2.05) is 0 Å². The van der Waals surface area contributed by atoms with Gasteiger partial charge < -0.3 is 10.4 Å². The molecule has 8 heteroatoms. The zero-order chi connectivity index (χ0) is 13.9. The van der Waals surface area contributed by atoms with Crippen molar-refractivity contribution in [3.63, 3.8) is 0 Å². The topological polar surface area (TPSA) is 62.2 Å². The standard InChI is InChI=1S/C10H13F3N2O2S/c1-5-4-18-8(15-5)6(2)14-3-7(9(16)17)10(11,12)13/h4,6-7,14H,3H2,1-2H3,(H,16,17). The number of carboxylic acids is 1. The third-order valence-electron chi connectivity index (χ3n) is 2.33. The Balaban J connectivity index is 2.60. The van der Waals surface area contributed by atoms with E-state index in [0.717, 1.165) is 5.69 Å². The van der Waals surface area contributed by atoms with Gasteiger partial charge in [-0.05, 0) is 13.8 Å². The number of nitrogens with zero attached hydrogens (tertiary/aromatic N) is 1. The Kier molecular flexibility index (Phi) is 4.69. The summed E-state index contributed by atoms with van der Waals surface area (Å²) >= 11 is 1.32. The molecular formula is C10H13F3N2O2S. The third kappa shape index (κ3) is 3.95. The number of aromatic nitrogens is 1. The van der Waals surface area contributed by atoms with Gasteiger partial charge in [0.15, 0.2) is 5.92 Å². The Hall–Kier alpha value is -1.15. The van der Waals surface area contributed by atoms with E-state index >= 15 is 0 Å². The van der Waals surface area contributed by atoms with Gasteiger partial charge in [-0.3, -0.25) is 4.79 Å². The first-order chi connectivity index (χ1) is 8.21. The molecule has 0 bridgehead atoms. The molecule has 2 unspecified atom stereocenters. The molecule has 2 N–H and O–H groups in total. The number of aliphatic carboxylic acids is 1. The summed E-state index contributed by atoms with van der Waals surface area (Å²) in [6, 6.07) is -0.409. The van der Waals surface area contributed by atoms with Crippen molar-refractivity contribution >= 4 is 17.3 Å². The molecule has 1 heterocycles. The molecule has 1 aromatic rings. The van der Waals surface area contributed by atoms with Gasteiger partial charge in [-0.15, -0.1) is 11.3 Å². The first-order valence-electron chi connectivity index (χ1n) is 5.16. The fraction of sp³-hybridized carbons (Fsp3) is 0.600. The molecular weight excluding hydrogens is 269 g/mol. The van der Waals surface area contributed by atoms with Crippen molar-refractivity contribution in [1.29, 1.82) is 0 Å². The van der Waals surface area contributed by atoms with Crippen LogP contribution in [0.25, 0.3) is 0 Å². The van der Waals surface area contributed by atoms with E-state index < -0.39 is 30.7 Å². The lowest BCUT2D eigenvalue weighted by Gasteiger charge is -2.18.